The Hall–Kier alpha value is -3.55. The number of halogens is 3. The summed E-state index contributed by atoms with van der Waals surface area (Å²) in [6, 6.07) is 5.29. The van der Waals surface area contributed by atoms with Gasteiger partial charge in [0.1, 0.15) is 0 Å². The minimum absolute atomic E-state index is 0.194. The molecule has 0 saturated carbocycles. The molecule has 1 unspecified atom stereocenters. The number of nitrogens with zero attached hydrogens (tertiary/aromatic N) is 5. The molecule has 2 aromatic rings. The molecule has 3 heterocycles. The van der Waals surface area contributed by atoms with Crippen molar-refractivity contribution in [3.8, 4) is 6.07 Å². The molecule has 0 bridgehead atoms. The van der Waals surface area contributed by atoms with E-state index in [-0.39, 0.29) is 12.5 Å². The summed E-state index contributed by atoms with van der Waals surface area (Å²) in [5.74, 6) is -1.22. The van der Waals surface area contributed by atoms with Gasteiger partial charge in [0.05, 0.1) is 34.4 Å². The summed E-state index contributed by atoms with van der Waals surface area (Å²) in [5.41, 5.74) is 6.06. The van der Waals surface area contributed by atoms with E-state index in [0.717, 1.165) is 11.8 Å². The molecule has 8 nitrogen and oxygen atoms in total. The number of hydrogen-bond acceptors (Lipinski definition) is 5. The van der Waals surface area contributed by atoms with Crippen molar-refractivity contribution < 1.29 is 22.8 Å². The molecule has 1 aromatic heterocycles. The Kier molecular flexibility index (Phi) is 6.03. The van der Waals surface area contributed by atoms with Gasteiger partial charge in [-0.3, -0.25) is 14.3 Å². The minimum Gasteiger partial charge on any atom is -0.371 e. The van der Waals surface area contributed by atoms with Crippen LogP contribution >= 0.6 is 0 Å². The SMILES string of the molecule is Cc1nn(C)c(C)c1C(=O)N1CC(C(N)=O)C2(CCN(c3ccc(C#N)c(C(F)(F)F)c3)CC2)C1. The molecule has 1 spiro atoms. The standard InChI is InChI=1S/C24H27F3N6O2/c1-14-20(15(2)31(3)30-14)22(35)33-12-19(21(29)34)23(13-33)6-8-32(9-7-23)17-5-4-16(11-28)18(10-17)24(25,26)27/h4-5,10,19H,6-9,12-13H2,1-3H3,(H2,29,34). The molecule has 186 valence electrons. The smallest absolute Gasteiger partial charge is 0.371 e. The first-order valence-corrected chi connectivity index (χ1v) is 11.3. The van der Waals surface area contributed by atoms with E-state index in [4.69, 9.17) is 11.0 Å². The molecule has 4 rings (SSSR count). The molecule has 0 aliphatic carbocycles. The van der Waals surface area contributed by atoms with Gasteiger partial charge < -0.3 is 15.5 Å². The zero-order valence-electron chi connectivity index (χ0n) is 19.8. The van der Waals surface area contributed by atoms with Gasteiger partial charge in [-0.15, -0.1) is 0 Å². The van der Waals surface area contributed by atoms with E-state index in [1.54, 1.807) is 29.6 Å². The van der Waals surface area contributed by atoms with Crippen LogP contribution in [0.2, 0.25) is 0 Å². The molecule has 11 heteroatoms. The van der Waals surface area contributed by atoms with Crippen molar-refractivity contribution in [2.75, 3.05) is 31.1 Å². The Morgan fingerprint density at radius 1 is 1.23 bits per heavy atom. The average Bonchev–Trinajstić information content (AvgIpc) is 3.29. The second-order valence-electron chi connectivity index (χ2n) is 9.50. The van der Waals surface area contributed by atoms with Crippen LogP contribution < -0.4 is 10.6 Å². The van der Waals surface area contributed by atoms with Gasteiger partial charge in [0.15, 0.2) is 0 Å². The molecular weight excluding hydrogens is 461 g/mol. The van der Waals surface area contributed by atoms with E-state index in [1.807, 2.05) is 11.8 Å². The molecule has 2 amide bonds. The van der Waals surface area contributed by atoms with Crippen LogP contribution in [0, 0.1) is 36.5 Å². The number of likely N-dealkylation sites (tertiary alicyclic amines) is 1. The third-order valence-electron chi connectivity index (χ3n) is 7.55. The average molecular weight is 489 g/mol. The number of nitrogens with two attached hydrogens (primary N) is 1. The van der Waals surface area contributed by atoms with Gasteiger partial charge >= 0.3 is 6.18 Å². The third-order valence-corrected chi connectivity index (χ3v) is 7.55. The molecule has 35 heavy (non-hydrogen) atoms. The van der Waals surface area contributed by atoms with Crippen molar-refractivity contribution in [2.24, 2.45) is 24.1 Å². The van der Waals surface area contributed by atoms with Crippen LogP contribution in [0.1, 0.15) is 45.7 Å². The highest BCUT2D eigenvalue weighted by Crippen LogP contribution is 2.46. The van der Waals surface area contributed by atoms with Crippen molar-refractivity contribution in [1.29, 1.82) is 5.26 Å². The van der Waals surface area contributed by atoms with E-state index >= 15 is 0 Å². The van der Waals surface area contributed by atoms with Gasteiger partial charge in [0.2, 0.25) is 5.91 Å². The monoisotopic (exact) mass is 488 g/mol. The number of aryl methyl sites for hydroxylation is 2. The highest BCUT2D eigenvalue weighted by Gasteiger charge is 2.52. The molecule has 2 N–H and O–H groups in total. The fourth-order valence-corrected chi connectivity index (χ4v) is 5.53. The van der Waals surface area contributed by atoms with Gasteiger partial charge in [-0.05, 0) is 44.9 Å². The number of aromatic nitrogens is 2. The Balaban J connectivity index is 1.56. The van der Waals surface area contributed by atoms with Crippen molar-refractivity contribution in [3.63, 3.8) is 0 Å². The quantitative estimate of drug-likeness (QED) is 0.715. The maximum absolute atomic E-state index is 13.4. The zero-order valence-corrected chi connectivity index (χ0v) is 19.8. The van der Waals surface area contributed by atoms with Crippen molar-refractivity contribution in [1.82, 2.24) is 14.7 Å². The molecule has 2 aliphatic heterocycles. The van der Waals surface area contributed by atoms with Crippen LogP contribution in [-0.4, -0.2) is 52.7 Å². The first-order valence-electron chi connectivity index (χ1n) is 11.3. The number of carbonyl (C=O) groups is 2. The number of amides is 2. The second-order valence-corrected chi connectivity index (χ2v) is 9.50. The predicted octanol–water partition coefficient (Wildman–Crippen LogP) is 2.77. The summed E-state index contributed by atoms with van der Waals surface area (Å²) in [6.07, 6.45) is -3.64. The number of hydrogen-bond donors (Lipinski definition) is 1. The summed E-state index contributed by atoms with van der Waals surface area (Å²) in [5, 5.41) is 13.4. The van der Waals surface area contributed by atoms with Crippen LogP contribution in [0.25, 0.3) is 0 Å². The van der Waals surface area contributed by atoms with E-state index < -0.39 is 34.5 Å². The first-order chi connectivity index (χ1) is 16.4. The van der Waals surface area contributed by atoms with Gasteiger partial charge in [-0.25, -0.2) is 0 Å². The molecule has 2 aliphatic rings. The van der Waals surface area contributed by atoms with Gasteiger partial charge in [-0.2, -0.15) is 23.5 Å². The largest absolute Gasteiger partial charge is 0.417 e. The maximum Gasteiger partial charge on any atom is 0.417 e. The van der Waals surface area contributed by atoms with Crippen LogP contribution in [-0.2, 0) is 18.0 Å². The molecule has 0 radical (unpaired) electrons. The lowest BCUT2D eigenvalue weighted by Crippen LogP contribution is -2.47. The summed E-state index contributed by atoms with van der Waals surface area (Å²) < 4.78 is 41.9. The number of rotatable bonds is 3. The zero-order chi connectivity index (χ0) is 25.7. The number of piperidine rings is 1. The molecular formula is C24H27F3N6O2. The number of anilines is 1. The number of nitriles is 1. The van der Waals surface area contributed by atoms with Crippen molar-refractivity contribution in [2.45, 2.75) is 32.9 Å². The predicted molar refractivity (Wildman–Crippen MR) is 121 cm³/mol. The van der Waals surface area contributed by atoms with Crippen LogP contribution in [0.3, 0.4) is 0 Å². The Labute approximate surface area is 201 Å². The molecule has 2 saturated heterocycles. The number of benzene rings is 1. The Morgan fingerprint density at radius 2 is 1.89 bits per heavy atom. The van der Waals surface area contributed by atoms with Crippen molar-refractivity contribution >= 4 is 17.5 Å². The highest BCUT2D eigenvalue weighted by atomic mass is 19.4. The lowest BCUT2D eigenvalue weighted by atomic mass is 9.70. The second kappa shape index (κ2) is 8.59. The molecule has 1 atom stereocenters. The maximum atomic E-state index is 13.4. The molecule has 2 fully saturated rings. The lowest BCUT2D eigenvalue weighted by Gasteiger charge is -2.42. The Morgan fingerprint density at radius 3 is 2.40 bits per heavy atom. The van der Waals surface area contributed by atoms with E-state index in [9.17, 15) is 22.8 Å². The van der Waals surface area contributed by atoms with Crippen LogP contribution in [0.15, 0.2) is 18.2 Å². The normalized spacial score (nSPS) is 19.7. The number of alkyl halides is 3. The fraction of sp³-hybridized carbons (Fsp3) is 0.500. The number of carbonyl (C=O) groups excluding carboxylic acids is 2. The minimum atomic E-state index is -4.63. The van der Waals surface area contributed by atoms with Gasteiger partial charge in [-0.1, -0.05) is 0 Å². The fourth-order valence-electron chi connectivity index (χ4n) is 5.53. The topological polar surface area (TPSA) is 108 Å². The summed E-state index contributed by atoms with van der Waals surface area (Å²) in [4.78, 5) is 29.2. The molecule has 1 aromatic carbocycles. The van der Waals surface area contributed by atoms with Crippen LogP contribution in [0.4, 0.5) is 18.9 Å². The van der Waals surface area contributed by atoms with Crippen LogP contribution in [0.5, 0.6) is 0 Å². The van der Waals surface area contributed by atoms with E-state index in [1.165, 1.54) is 12.1 Å². The summed E-state index contributed by atoms with van der Waals surface area (Å²) in [7, 11) is 1.76. The van der Waals surface area contributed by atoms with E-state index in [0.29, 0.717) is 49.4 Å². The van der Waals surface area contributed by atoms with Crippen molar-refractivity contribution in [3.05, 3.63) is 46.3 Å². The highest BCUT2D eigenvalue weighted by molar-refractivity contribution is 5.97. The summed E-state index contributed by atoms with van der Waals surface area (Å²) in [6.45, 7) is 4.94. The van der Waals surface area contributed by atoms with Gasteiger partial charge in [0, 0.05) is 50.0 Å². The summed E-state index contributed by atoms with van der Waals surface area (Å²) >= 11 is 0. The lowest BCUT2D eigenvalue weighted by molar-refractivity contribution is -0.137. The number of primary amides is 1. The van der Waals surface area contributed by atoms with E-state index in [2.05, 4.69) is 5.10 Å². The first kappa shape index (κ1) is 24.6. The third kappa shape index (κ3) is 4.22. The van der Waals surface area contributed by atoms with Gasteiger partial charge in [0.25, 0.3) is 5.91 Å². The Bertz CT molecular complexity index is 1220.